The largest absolute Gasteiger partial charge is 0.444 e. The average molecular weight is 637 g/mol. The summed E-state index contributed by atoms with van der Waals surface area (Å²) in [6.45, 7) is 21.1. The van der Waals surface area contributed by atoms with E-state index in [0.717, 1.165) is 0 Å². The first kappa shape index (κ1) is 39.1. The normalized spacial score (nSPS) is 11.8. The van der Waals surface area contributed by atoms with Crippen molar-refractivity contribution >= 4 is 57.9 Å². The molecule has 0 spiro atoms. The zero-order chi connectivity index (χ0) is 32.8. The lowest BCUT2D eigenvalue weighted by molar-refractivity contribution is 0.0521. The van der Waals surface area contributed by atoms with Crippen molar-refractivity contribution in [1.29, 1.82) is 0 Å². The summed E-state index contributed by atoms with van der Waals surface area (Å²) in [7, 11) is 2.95. The number of rotatable bonds is 7. The molecule has 0 aromatic heterocycles. The number of carbonyl (C=O) groups excluding carboxylic acids is 4. The van der Waals surface area contributed by atoms with Crippen molar-refractivity contribution in [3.05, 3.63) is 0 Å². The van der Waals surface area contributed by atoms with Crippen molar-refractivity contribution in [2.45, 2.75) is 105 Å². The Balaban J connectivity index is 5.02. The Labute approximate surface area is 257 Å². The van der Waals surface area contributed by atoms with Crippen molar-refractivity contribution in [2.75, 3.05) is 24.6 Å². The van der Waals surface area contributed by atoms with E-state index in [2.05, 4.69) is 31.3 Å². The molecule has 0 atom stereocenters. The second kappa shape index (κ2) is 17.3. The number of carbonyl (C=O) groups is 4. The minimum absolute atomic E-state index is 0.0974. The molecule has 0 unspecified atom stereocenters. The minimum atomic E-state index is -0.770. The van der Waals surface area contributed by atoms with Gasteiger partial charge in [0, 0.05) is 11.5 Å². The molecule has 4 amide bonds. The molecule has 242 valence electrons. The summed E-state index contributed by atoms with van der Waals surface area (Å²) in [4.78, 5) is 57.2. The van der Waals surface area contributed by atoms with Crippen LogP contribution in [0.25, 0.3) is 0 Å². The molecule has 0 saturated heterocycles. The molecule has 0 aromatic carbocycles. The first-order valence-electron chi connectivity index (χ1n) is 13.3. The number of alkyl carbamates (subject to hydrolysis) is 4. The fraction of sp³-hybridized carbons (Fsp3) is 0.769. The van der Waals surface area contributed by atoms with Crippen molar-refractivity contribution in [3.8, 4) is 0 Å². The van der Waals surface area contributed by atoms with Crippen LogP contribution in [-0.4, -0.2) is 83.3 Å². The Morgan fingerprint density at radius 3 is 0.881 bits per heavy atom. The molecule has 0 rings (SSSR count). The highest BCUT2D eigenvalue weighted by Gasteiger charge is 2.22. The zero-order valence-electron chi connectivity index (χ0n) is 26.8. The topological polar surface area (TPSA) is 178 Å². The van der Waals surface area contributed by atoms with Crippen LogP contribution in [0.4, 0.5) is 19.2 Å². The Morgan fingerprint density at radius 2 is 0.690 bits per heavy atom. The molecular formula is C26H48N6O8S2. The van der Waals surface area contributed by atoms with Crippen LogP contribution in [0.5, 0.6) is 0 Å². The van der Waals surface area contributed by atoms with Gasteiger partial charge in [-0.05, 0) is 83.1 Å². The molecule has 0 aliphatic heterocycles. The number of amides is 4. The van der Waals surface area contributed by atoms with Crippen LogP contribution in [-0.2, 0) is 18.9 Å². The lowest BCUT2D eigenvalue weighted by Crippen LogP contribution is -2.47. The van der Waals surface area contributed by atoms with Gasteiger partial charge in [-0.1, -0.05) is 21.6 Å². The third-order valence-electron chi connectivity index (χ3n) is 3.45. The van der Waals surface area contributed by atoms with E-state index >= 15 is 0 Å². The van der Waals surface area contributed by atoms with Crippen LogP contribution < -0.4 is 21.3 Å². The van der Waals surface area contributed by atoms with Crippen molar-refractivity contribution < 1.29 is 38.1 Å². The number of nitrogens with zero attached hydrogens (tertiary/aromatic N) is 2. The predicted octanol–water partition coefficient (Wildman–Crippen LogP) is 5.18. The molecular weight excluding hydrogens is 588 g/mol. The second-order valence-corrected chi connectivity index (χ2v) is 15.3. The molecule has 0 saturated carbocycles. The Bertz CT molecular complexity index is 835. The lowest BCUT2D eigenvalue weighted by Gasteiger charge is -2.22. The third kappa shape index (κ3) is 24.9. The molecule has 0 aliphatic rings. The van der Waals surface area contributed by atoms with Gasteiger partial charge in [-0.3, -0.25) is 31.3 Å². The van der Waals surface area contributed by atoms with Crippen LogP contribution in [0.2, 0.25) is 0 Å². The Kier molecular flexibility index (Phi) is 16.1. The van der Waals surface area contributed by atoms with Crippen LogP contribution in [0.15, 0.2) is 9.98 Å². The summed E-state index contributed by atoms with van der Waals surface area (Å²) in [6.07, 6.45) is -3.08. The van der Waals surface area contributed by atoms with Gasteiger partial charge in [-0.2, -0.15) is 0 Å². The smallest absolute Gasteiger partial charge is 0.414 e. The maximum Gasteiger partial charge on any atom is 0.414 e. The van der Waals surface area contributed by atoms with E-state index < -0.39 is 46.8 Å². The zero-order valence-corrected chi connectivity index (χ0v) is 28.4. The molecule has 0 aliphatic carbocycles. The van der Waals surface area contributed by atoms with Gasteiger partial charge < -0.3 is 18.9 Å². The first-order valence-corrected chi connectivity index (χ1v) is 15.8. The van der Waals surface area contributed by atoms with Gasteiger partial charge in [0.1, 0.15) is 22.4 Å². The fourth-order valence-corrected chi connectivity index (χ4v) is 4.05. The predicted molar refractivity (Wildman–Crippen MR) is 167 cm³/mol. The molecule has 0 heterocycles. The van der Waals surface area contributed by atoms with Crippen molar-refractivity contribution in [1.82, 2.24) is 21.3 Å². The van der Waals surface area contributed by atoms with E-state index in [-0.39, 0.29) is 25.0 Å². The first-order chi connectivity index (χ1) is 18.9. The molecule has 0 radical (unpaired) electrons. The Hall–Kier alpha value is -2.88. The molecule has 42 heavy (non-hydrogen) atoms. The summed E-state index contributed by atoms with van der Waals surface area (Å²) < 4.78 is 20.9. The SMILES string of the molecule is CC(C)(C)OC(=O)NC(=NCCSSCCN=C(NC(=O)OC(C)(C)C)NC(=O)OC(C)(C)C)NC(=O)OC(C)(C)C. The Morgan fingerprint density at radius 1 is 0.476 bits per heavy atom. The van der Waals surface area contributed by atoms with Crippen molar-refractivity contribution in [3.63, 3.8) is 0 Å². The quantitative estimate of drug-likeness (QED) is 0.0957. The van der Waals surface area contributed by atoms with Crippen LogP contribution in [0.3, 0.4) is 0 Å². The van der Waals surface area contributed by atoms with Gasteiger partial charge in [0.05, 0.1) is 13.1 Å². The van der Waals surface area contributed by atoms with Crippen molar-refractivity contribution in [2.24, 2.45) is 9.98 Å². The van der Waals surface area contributed by atoms with Gasteiger partial charge in [0.2, 0.25) is 11.9 Å². The van der Waals surface area contributed by atoms with E-state index in [1.807, 2.05) is 0 Å². The highest BCUT2D eigenvalue weighted by atomic mass is 33.1. The van der Waals surface area contributed by atoms with E-state index in [0.29, 0.717) is 11.5 Å². The standard InChI is InChI=1S/C26H48N6O8S2/c1-23(2,3)37-19(33)29-17(30-20(34)38-24(4,5)6)27-13-15-41-42-16-14-28-18(31-21(35)39-25(7,8)9)32-22(36)40-26(10,11)12/h13-16H2,1-12H3,(H2,27,29,30,33,34)(H2,28,31,32,35,36). The van der Waals surface area contributed by atoms with Crippen LogP contribution >= 0.6 is 21.6 Å². The van der Waals surface area contributed by atoms with Crippen LogP contribution in [0, 0.1) is 0 Å². The average Bonchev–Trinajstić information content (AvgIpc) is 2.69. The summed E-state index contributed by atoms with van der Waals surface area (Å²) in [5.41, 5.74) is -2.94. The maximum absolute atomic E-state index is 12.2. The lowest BCUT2D eigenvalue weighted by atomic mass is 10.2. The number of hydrogen-bond donors (Lipinski definition) is 4. The summed E-state index contributed by atoms with van der Waals surface area (Å²) in [6, 6.07) is 0. The number of guanidine groups is 2. The van der Waals surface area contributed by atoms with E-state index in [9.17, 15) is 19.2 Å². The van der Waals surface area contributed by atoms with Gasteiger partial charge in [-0.15, -0.1) is 0 Å². The molecule has 14 nitrogen and oxygen atoms in total. The van der Waals surface area contributed by atoms with E-state index in [1.54, 1.807) is 83.1 Å². The highest BCUT2D eigenvalue weighted by molar-refractivity contribution is 8.76. The number of aliphatic imine (C=N–C) groups is 2. The van der Waals surface area contributed by atoms with Gasteiger partial charge in [-0.25, -0.2) is 19.2 Å². The van der Waals surface area contributed by atoms with Gasteiger partial charge in [0.15, 0.2) is 0 Å². The minimum Gasteiger partial charge on any atom is -0.444 e. The monoisotopic (exact) mass is 636 g/mol. The summed E-state index contributed by atoms with van der Waals surface area (Å²) >= 11 is 0. The highest BCUT2D eigenvalue weighted by Crippen LogP contribution is 2.20. The third-order valence-corrected chi connectivity index (χ3v) is 5.81. The van der Waals surface area contributed by atoms with E-state index in [1.165, 1.54) is 21.6 Å². The van der Waals surface area contributed by atoms with Gasteiger partial charge >= 0.3 is 24.4 Å². The maximum atomic E-state index is 12.2. The van der Waals surface area contributed by atoms with E-state index in [4.69, 9.17) is 18.9 Å². The fourth-order valence-electron chi connectivity index (χ4n) is 2.33. The molecule has 4 N–H and O–H groups in total. The van der Waals surface area contributed by atoms with Crippen LogP contribution in [0.1, 0.15) is 83.1 Å². The molecule has 16 heteroatoms. The molecule has 0 aromatic rings. The summed E-state index contributed by atoms with van der Waals surface area (Å²) in [5.74, 6) is 0.867. The molecule has 0 fully saturated rings. The molecule has 0 bridgehead atoms. The number of nitrogens with one attached hydrogen (secondary N) is 4. The second-order valence-electron chi connectivity index (χ2n) is 12.6. The number of hydrogen-bond acceptors (Lipinski definition) is 12. The number of ether oxygens (including phenoxy) is 4. The van der Waals surface area contributed by atoms with Gasteiger partial charge in [0.25, 0.3) is 0 Å². The summed E-state index contributed by atoms with van der Waals surface area (Å²) in [5, 5.41) is 9.71.